The number of benzene rings is 2. The van der Waals surface area contributed by atoms with Crippen LogP contribution >= 0.6 is 0 Å². The Morgan fingerprint density at radius 1 is 0.969 bits per heavy atom. The van der Waals surface area contributed by atoms with Crippen molar-refractivity contribution < 1.29 is 13.2 Å². The Balaban J connectivity index is 1.58. The second-order valence-electron chi connectivity index (χ2n) is 8.20. The van der Waals surface area contributed by atoms with E-state index in [0.29, 0.717) is 25.2 Å². The molecule has 1 amide bonds. The van der Waals surface area contributed by atoms with Crippen LogP contribution in [0.3, 0.4) is 0 Å². The highest BCUT2D eigenvalue weighted by molar-refractivity contribution is 7.89. The molecule has 0 bridgehead atoms. The molecule has 2 aromatic rings. The van der Waals surface area contributed by atoms with Gasteiger partial charge in [0.15, 0.2) is 0 Å². The third-order valence-electron chi connectivity index (χ3n) is 5.92. The molecule has 1 fully saturated rings. The number of carbonyl (C=O) groups excluding carboxylic acids is 1. The van der Waals surface area contributed by atoms with Crippen LogP contribution in [0.5, 0.6) is 0 Å². The van der Waals surface area contributed by atoms with Gasteiger partial charge in [-0.05, 0) is 36.4 Å². The molecular formula is C24H34N4O3S. The topological polar surface area (TPSA) is 73.0 Å². The van der Waals surface area contributed by atoms with Crippen molar-refractivity contribution in [2.75, 3.05) is 46.3 Å². The number of hydrogen-bond acceptors (Lipinski definition) is 5. The third-order valence-corrected chi connectivity index (χ3v) is 7.96. The number of carbonyl (C=O) groups is 1. The van der Waals surface area contributed by atoms with Crippen LogP contribution in [-0.4, -0.2) is 74.7 Å². The quantitative estimate of drug-likeness (QED) is 0.625. The van der Waals surface area contributed by atoms with Crippen LogP contribution in [-0.2, 0) is 23.1 Å². The van der Waals surface area contributed by atoms with E-state index in [9.17, 15) is 13.2 Å². The molecule has 1 aliphatic heterocycles. The maximum atomic E-state index is 12.7. The minimum Gasteiger partial charge on any atom is -0.348 e. The predicted molar refractivity (Wildman–Crippen MR) is 127 cm³/mol. The summed E-state index contributed by atoms with van der Waals surface area (Å²) in [5.74, 6) is -0.289. The summed E-state index contributed by atoms with van der Waals surface area (Å²) < 4.78 is 26.8. The van der Waals surface area contributed by atoms with Gasteiger partial charge in [-0.25, -0.2) is 8.42 Å². The second kappa shape index (κ2) is 11.0. The lowest BCUT2D eigenvalue weighted by Gasteiger charge is -2.32. The molecule has 7 nitrogen and oxygen atoms in total. The summed E-state index contributed by atoms with van der Waals surface area (Å²) in [7, 11) is -1.44. The lowest BCUT2D eigenvalue weighted by molar-refractivity contribution is 0.0950. The van der Waals surface area contributed by atoms with E-state index in [2.05, 4.69) is 34.3 Å². The van der Waals surface area contributed by atoms with Gasteiger partial charge in [-0.1, -0.05) is 44.2 Å². The average Bonchev–Trinajstić information content (AvgIpc) is 2.80. The van der Waals surface area contributed by atoms with Crippen molar-refractivity contribution in [3.63, 3.8) is 0 Å². The average molecular weight is 459 g/mol. The lowest BCUT2D eigenvalue weighted by Crippen LogP contribution is -2.43. The van der Waals surface area contributed by atoms with Crippen molar-refractivity contribution in [2.45, 2.75) is 31.8 Å². The van der Waals surface area contributed by atoms with Crippen LogP contribution in [0.4, 0.5) is 0 Å². The number of nitrogens with one attached hydrogen (secondary N) is 1. The molecule has 174 valence electrons. The molecule has 1 aliphatic rings. The first-order valence-corrected chi connectivity index (χ1v) is 12.6. The monoisotopic (exact) mass is 458 g/mol. The summed E-state index contributed by atoms with van der Waals surface area (Å²) in [6.07, 6.45) is 0. The summed E-state index contributed by atoms with van der Waals surface area (Å²) in [6.45, 7) is 10.1. The first kappa shape index (κ1) is 24.4. The molecule has 32 heavy (non-hydrogen) atoms. The van der Waals surface area contributed by atoms with Crippen molar-refractivity contribution in [3.05, 3.63) is 65.2 Å². The van der Waals surface area contributed by atoms with E-state index >= 15 is 0 Å². The maximum absolute atomic E-state index is 12.7. The van der Waals surface area contributed by atoms with Crippen LogP contribution in [0.25, 0.3) is 0 Å². The normalized spacial score (nSPS) is 15.8. The molecule has 0 aliphatic carbocycles. The first-order valence-electron chi connectivity index (χ1n) is 11.2. The Labute approximate surface area is 192 Å². The fourth-order valence-electron chi connectivity index (χ4n) is 3.82. The molecule has 1 saturated heterocycles. The van der Waals surface area contributed by atoms with Gasteiger partial charge >= 0.3 is 0 Å². The minimum absolute atomic E-state index is 0.141. The number of hydrogen-bond donors (Lipinski definition) is 1. The number of rotatable bonds is 9. The van der Waals surface area contributed by atoms with Gasteiger partial charge in [0.2, 0.25) is 10.0 Å². The molecule has 0 radical (unpaired) electrons. The highest BCUT2D eigenvalue weighted by Gasteiger charge is 2.22. The molecule has 1 heterocycles. The van der Waals surface area contributed by atoms with E-state index in [-0.39, 0.29) is 10.8 Å². The Morgan fingerprint density at radius 2 is 1.59 bits per heavy atom. The Morgan fingerprint density at radius 3 is 2.22 bits per heavy atom. The molecular weight excluding hydrogens is 424 g/mol. The first-order chi connectivity index (χ1) is 15.3. The van der Waals surface area contributed by atoms with Crippen molar-refractivity contribution in [1.29, 1.82) is 0 Å². The maximum Gasteiger partial charge on any atom is 0.251 e. The molecule has 3 rings (SSSR count). The van der Waals surface area contributed by atoms with Gasteiger partial charge in [-0.15, -0.1) is 0 Å². The van der Waals surface area contributed by atoms with Crippen LogP contribution in [0.2, 0.25) is 0 Å². The summed E-state index contributed by atoms with van der Waals surface area (Å²) in [6, 6.07) is 14.5. The van der Waals surface area contributed by atoms with Gasteiger partial charge in [-0.2, -0.15) is 4.31 Å². The van der Waals surface area contributed by atoms with Crippen molar-refractivity contribution in [2.24, 2.45) is 0 Å². The van der Waals surface area contributed by atoms with Gasteiger partial charge in [0.05, 0.1) is 4.90 Å². The van der Waals surface area contributed by atoms with Crippen molar-refractivity contribution in [3.8, 4) is 0 Å². The van der Waals surface area contributed by atoms with E-state index in [1.807, 2.05) is 12.1 Å². The highest BCUT2D eigenvalue weighted by atomic mass is 32.2. The number of likely N-dealkylation sites (N-methyl/N-ethyl adjacent to an activating group) is 1. The molecule has 2 aromatic carbocycles. The van der Waals surface area contributed by atoms with Crippen LogP contribution < -0.4 is 5.32 Å². The number of nitrogens with zero attached hydrogens (tertiary/aromatic N) is 3. The smallest absolute Gasteiger partial charge is 0.251 e. The number of sulfonamides is 1. The predicted octanol–water partition coefficient (Wildman–Crippen LogP) is 2.39. The fourth-order valence-corrected chi connectivity index (χ4v) is 5.33. The van der Waals surface area contributed by atoms with Crippen LogP contribution in [0, 0.1) is 0 Å². The number of piperazine rings is 1. The molecule has 1 N–H and O–H groups in total. The number of amides is 1. The molecule has 0 spiro atoms. The second-order valence-corrected chi connectivity index (χ2v) is 10.1. The van der Waals surface area contributed by atoms with Gasteiger partial charge in [0, 0.05) is 57.9 Å². The molecule has 8 heteroatoms. The van der Waals surface area contributed by atoms with E-state index in [1.165, 1.54) is 22.0 Å². The summed E-state index contributed by atoms with van der Waals surface area (Å²) in [5.41, 5.74) is 2.61. The fraction of sp³-hybridized carbons (Fsp3) is 0.458. The molecule has 0 aromatic heterocycles. The third kappa shape index (κ3) is 6.16. The SMILES string of the molecule is CCN(CC)S(=O)(=O)c1cccc(C(=O)NCc2ccc(CN3CCN(C)CC3)cc2)c1. The van der Waals surface area contributed by atoms with Gasteiger partial charge in [-0.3, -0.25) is 9.69 Å². The Hall–Kier alpha value is -2.26. The largest absolute Gasteiger partial charge is 0.348 e. The summed E-state index contributed by atoms with van der Waals surface area (Å²) >= 11 is 0. The van der Waals surface area contributed by atoms with Gasteiger partial charge < -0.3 is 10.2 Å². The summed E-state index contributed by atoms with van der Waals surface area (Å²) in [4.78, 5) is 17.6. The van der Waals surface area contributed by atoms with Crippen LogP contribution in [0.15, 0.2) is 53.4 Å². The van der Waals surface area contributed by atoms with Crippen molar-refractivity contribution in [1.82, 2.24) is 19.4 Å². The van der Waals surface area contributed by atoms with Crippen molar-refractivity contribution >= 4 is 15.9 Å². The zero-order valence-electron chi connectivity index (χ0n) is 19.3. The van der Waals surface area contributed by atoms with E-state index in [1.54, 1.807) is 26.0 Å². The Kier molecular flexibility index (Phi) is 8.42. The molecule has 0 unspecified atom stereocenters. The van der Waals surface area contributed by atoms with E-state index in [0.717, 1.165) is 38.3 Å². The van der Waals surface area contributed by atoms with Crippen LogP contribution in [0.1, 0.15) is 35.3 Å². The molecule has 0 atom stereocenters. The lowest BCUT2D eigenvalue weighted by atomic mass is 10.1. The zero-order chi connectivity index (χ0) is 23.1. The molecule has 0 saturated carbocycles. The van der Waals surface area contributed by atoms with E-state index in [4.69, 9.17) is 0 Å². The highest BCUT2D eigenvalue weighted by Crippen LogP contribution is 2.17. The minimum atomic E-state index is -3.60. The zero-order valence-corrected chi connectivity index (χ0v) is 20.1. The Bertz CT molecular complexity index is 996. The summed E-state index contributed by atoms with van der Waals surface area (Å²) in [5, 5.41) is 2.89. The standard InChI is InChI=1S/C24H34N4O3S/c1-4-28(5-2)32(30,31)23-8-6-7-22(17-23)24(29)25-18-20-9-11-21(12-10-20)19-27-15-13-26(3)14-16-27/h6-12,17H,4-5,13-16,18-19H2,1-3H3,(H,25,29). The van der Waals surface area contributed by atoms with Gasteiger partial charge in [0.1, 0.15) is 0 Å². The van der Waals surface area contributed by atoms with Gasteiger partial charge in [0.25, 0.3) is 5.91 Å². The van der Waals surface area contributed by atoms with E-state index < -0.39 is 10.0 Å².